The molecular formula is C15H17N3O2. The molecule has 0 radical (unpaired) electrons. The van der Waals surface area contributed by atoms with Gasteiger partial charge in [0.15, 0.2) is 0 Å². The van der Waals surface area contributed by atoms with Crippen molar-refractivity contribution in [3.05, 3.63) is 53.3 Å². The summed E-state index contributed by atoms with van der Waals surface area (Å²) >= 11 is 0. The van der Waals surface area contributed by atoms with Gasteiger partial charge in [-0.1, -0.05) is 30.3 Å². The van der Waals surface area contributed by atoms with Crippen LogP contribution in [-0.2, 0) is 17.8 Å². The van der Waals surface area contributed by atoms with Crippen LogP contribution in [-0.4, -0.2) is 16.3 Å². The molecule has 0 fully saturated rings. The molecule has 2 aromatic rings. The second-order valence-corrected chi connectivity index (χ2v) is 4.95. The number of H-pyrrole nitrogens is 1. The number of aromatic nitrogens is 2. The Morgan fingerprint density at radius 1 is 1.40 bits per heavy atom. The van der Waals surface area contributed by atoms with Crippen molar-refractivity contribution in [3.63, 3.8) is 0 Å². The molecule has 104 valence electrons. The Kier molecular flexibility index (Phi) is 3.67. The van der Waals surface area contributed by atoms with Crippen LogP contribution in [0, 0.1) is 0 Å². The molecule has 0 aliphatic heterocycles. The van der Waals surface area contributed by atoms with Crippen LogP contribution in [0.25, 0.3) is 0 Å². The van der Waals surface area contributed by atoms with Crippen LogP contribution in [0.15, 0.2) is 36.5 Å². The van der Waals surface area contributed by atoms with E-state index in [9.17, 15) is 4.79 Å². The van der Waals surface area contributed by atoms with Gasteiger partial charge in [0.25, 0.3) is 0 Å². The summed E-state index contributed by atoms with van der Waals surface area (Å²) < 4.78 is 5.24. The fourth-order valence-electron chi connectivity index (χ4n) is 2.52. The van der Waals surface area contributed by atoms with Crippen molar-refractivity contribution in [2.45, 2.75) is 31.9 Å². The van der Waals surface area contributed by atoms with Gasteiger partial charge in [-0.15, -0.1) is 0 Å². The summed E-state index contributed by atoms with van der Waals surface area (Å²) in [7, 11) is 0. The van der Waals surface area contributed by atoms with Crippen molar-refractivity contribution in [3.8, 4) is 0 Å². The maximum absolute atomic E-state index is 11.9. The molecule has 20 heavy (non-hydrogen) atoms. The standard InChI is InChI=1S/C15H17N3O2/c19-15(20-10-11-5-2-1-3-6-11)17-13-7-4-8-14-12(13)9-16-18-14/h1-3,5-6,9,13H,4,7-8,10H2,(H,16,18)(H,17,19)/t13-/m0/s1. The van der Waals surface area contributed by atoms with Crippen LogP contribution in [0.1, 0.15) is 35.7 Å². The number of nitrogens with zero attached hydrogens (tertiary/aromatic N) is 1. The van der Waals surface area contributed by atoms with E-state index in [0.29, 0.717) is 0 Å². The summed E-state index contributed by atoms with van der Waals surface area (Å²) in [6, 6.07) is 9.65. The van der Waals surface area contributed by atoms with Crippen LogP contribution >= 0.6 is 0 Å². The van der Waals surface area contributed by atoms with E-state index in [0.717, 1.165) is 36.1 Å². The maximum atomic E-state index is 11.9. The Bertz CT molecular complexity index is 580. The molecule has 1 aromatic heterocycles. The first kappa shape index (κ1) is 12.7. The molecular weight excluding hydrogens is 254 g/mol. The SMILES string of the molecule is O=C(N[C@H]1CCCc2[nH]ncc21)OCc1ccccc1. The number of benzene rings is 1. The highest BCUT2D eigenvalue weighted by Crippen LogP contribution is 2.27. The Labute approximate surface area is 117 Å². The van der Waals surface area contributed by atoms with Gasteiger partial charge in [0.1, 0.15) is 6.61 Å². The molecule has 2 N–H and O–H groups in total. The van der Waals surface area contributed by atoms with Crippen molar-refractivity contribution < 1.29 is 9.53 Å². The minimum atomic E-state index is -0.382. The molecule has 0 spiro atoms. The number of nitrogens with one attached hydrogen (secondary N) is 2. The number of rotatable bonds is 3. The Hall–Kier alpha value is -2.30. The fraction of sp³-hybridized carbons (Fsp3) is 0.333. The first-order chi connectivity index (χ1) is 9.83. The number of amides is 1. The molecule has 5 heteroatoms. The van der Waals surface area contributed by atoms with Crippen LogP contribution in [0.5, 0.6) is 0 Å². The highest BCUT2D eigenvalue weighted by molar-refractivity contribution is 5.68. The largest absolute Gasteiger partial charge is 0.445 e. The molecule has 1 atom stereocenters. The summed E-state index contributed by atoms with van der Waals surface area (Å²) in [6.07, 6.45) is 4.36. The molecule has 1 aliphatic carbocycles. The van der Waals surface area contributed by atoms with Gasteiger partial charge in [0.2, 0.25) is 0 Å². The Balaban J connectivity index is 1.55. The summed E-state index contributed by atoms with van der Waals surface area (Å²) in [6.45, 7) is 0.289. The molecule has 3 rings (SSSR count). The monoisotopic (exact) mass is 271 g/mol. The number of hydrogen-bond donors (Lipinski definition) is 2. The van der Waals surface area contributed by atoms with Gasteiger partial charge in [-0.2, -0.15) is 5.10 Å². The van der Waals surface area contributed by atoms with Crippen molar-refractivity contribution in [1.82, 2.24) is 15.5 Å². The van der Waals surface area contributed by atoms with Gasteiger partial charge in [0, 0.05) is 11.3 Å². The smallest absolute Gasteiger partial charge is 0.407 e. The van der Waals surface area contributed by atoms with Crippen molar-refractivity contribution in [1.29, 1.82) is 0 Å². The second-order valence-electron chi connectivity index (χ2n) is 4.95. The average molecular weight is 271 g/mol. The lowest BCUT2D eigenvalue weighted by atomic mass is 9.93. The fourth-order valence-corrected chi connectivity index (χ4v) is 2.52. The van der Waals surface area contributed by atoms with E-state index < -0.39 is 0 Å². The lowest BCUT2D eigenvalue weighted by Crippen LogP contribution is -2.31. The zero-order valence-corrected chi connectivity index (χ0v) is 11.1. The zero-order chi connectivity index (χ0) is 13.8. The number of fused-ring (bicyclic) bond motifs is 1. The van der Waals surface area contributed by atoms with E-state index in [2.05, 4.69) is 15.5 Å². The van der Waals surface area contributed by atoms with E-state index in [1.54, 1.807) is 6.20 Å². The van der Waals surface area contributed by atoms with E-state index >= 15 is 0 Å². The first-order valence-electron chi connectivity index (χ1n) is 6.82. The van der Waals surface area contributed by atoms with E-state index in [4.69, 9.17) is 4.74 Å². The summed E-state index contributed by atoms with van der Waals surface area (Å²) in [5, 5.41) is 9.92. The lowest BCUT2D eigenvalue weighted by Gasteiger charge is -2.22. The Morgan fingerprint density at radius 2 is 2.25 bits per heavy atom. The van der Waals surface area contributed by atoms with Crippen molar-refractivity contribution >= 4 is 6.09 Å². The third-order valence-corrected chi connectivity index (χ3v) is 3.55. The molecule has 1 heterocycles. The molecule has 5 nitrogen and oxygen atoms in total. The maximum Gasteiger partial charge on any atom is 0.407 e. The molecule has 1 amide bonds. The van der Waals surface area contributed by atoms with Gasteiger partial charge < -0.3 is 10.1 Å². The number of carbonyl (C=O) groups is 1. The van der Waals surface area contributed by atoms with Crippen LogP contribution in [0.3, 0.4) is 0 Å². The van der Waals surface area contributed by atoms with Crippen molar-refractivity contribution in [2.24, 2.45) is 0 Å². The first-order valence-corrected chi connectivity index (χ1v) is 6.82. The molecule has 0 saturated carbocycles. The highest BCUT2D eigenvalue weighted by Gasteiger charge is 2.23. The second kappa shape index (κ2) is 5.77. The lowest BCUT2D eigenvalue weighted by molar-refractivity contribution is 0.134. The molecule has 1 aliphatic rings. The van der Waals surface area contributed by atoms with Gasteiger partial charge in [-0.25, -0.2) is 4.79 Å². The summed E-state index contributed by atoms with van der Waals surface area (Å²) in [5.74, 6) is 0. The third kappa shape index (κ3) is 2.82. The number of carbonyl (C=O) groups excluding carboxylic acids is 1. The van der Waals surface area contributed by atoms with Gasteiger partial charge in [-0.3, -0.25) is 5.10 Å². The summed E-state index contributed by atoms with van der Waals surface area (Å²) in [5.41, 5.74) is 3.17. The normalized spacial score (nSPS) is 17.3. The van der Waals surface area contributed by atoms with E-state index in [1.807, 2.05) is 30.3 Å². The molecule has 0 bridgehead atoms. The molecule has 1 aromatic carbocycles. The van der Waals surface area contributed by atoms with E-state index in [-0.39, 0.29) is 18.7 Å². The van der Waals surface area contributed by atoms with Crippen LogP contribution < -0.4 is 5.32 Å². The average Bonchev–Trinajstić information content (AvgIpc) is 2.96. The number of aryl methyl sites for hydroxylation is 1. The predicted molar refractivity (Wildman–Crippen MR) is 74.0 cm³/mol. The number of hydrogen-bond acceptors (Lipinski definition) is 3. The van der Waals surface area contributed by atoms with E-state index in [1.165, 1.54) is 0 Å². The number of alkyl carbamates (subject to hydrolysis) is 1. The minimum absolute atomic E-state index is 0.000716. The van der Waals surface area contributed by atoms with Crippen LogP contribution in [0.2, 0.25) is 0 Å². The topological polar surface area (TPSA) is 67.0 Å². The quantitative estimate of drug-likeness (QED) is 0.902. The summed E-state index contributed by atoms with van der Waals surface area (Å²) in [4.78, 5) is 11.9. The Morgan fingerprint density at radius 3 is 3.10 bits per heavy atom. The number of aromatic amines is 1. The van der Waals surface area contributed by atoms with Gasteiger partial charge in [0.05, 0.1) is 12.2 Å². The molecule has 0 saturated heterocycles. The minimum Gasteiger partial charge on any atom is -0.445 e. The number of ether oxygens (including phenoxy) is 1. The highest BCUT2D eigenvalue weighted by atomic mass is 16.5. The van der Waals surface area contributed by atoms with Crippen molar-refractivity contribution in [2.75, 3.05) is 0 Å². The van der Waals surface area contributed by atoms with Gasteiger partial charge in [-0.05, 0) is 24.8 Å². The van der Waals surface area contributed by atoms with Crippen LogP contribution in [0.4, 0.5) is 4.79 Å². The van der Waals surface area contributed by atoms with Gasteiger partial charge >= 0.3 is 6.09 Å². The third-order valence-electron chi connectivity index (χ3n) is 3.55. The predicted octanol–water partition coefficient (Wildman–Crippen LogP) is 2.71. The molecule has 0 unspecified atom stereocenters. The zero-order valence-electron chi connectivity index (χ0n) is 11.1.